The second-order valence-corrected chi connectivity index (χ2v) is 8.21. The summed E-state index contributed by atoms with van der Waals surface area (Å²) < 4.78 is 5.11. The molecule has 7 heteroatoms. The number of imide groups is 1. The van der Waals surface area contributed by atoms with Crippen molar-refractivity contribution in [1.82, 2.24) is 4.90 Å². The second-order valence-electron chi connectivity index (χ2n) is 8.21. The van der Waals surface area contributed by atoms with Crippen LogP contribution in [0.15, 0.2) is 54.6 Å². The lowest BCUT2D eigenvalue weighted by Gasteiger charge is -2.26. The molecule has 2 saturated heterocycles. The van der Waals surface area contributed by atoms with Gasteiger partial charge in [0.05, 0.1) is 18.8 Å². The van der Waals surface area contributed by atoms with Gasteiger partial charge in [-0.25, -0.2) is 0 Å². The molecule has 2 fully saturated rings. The summed E-state index contributed by atoms with van der Waals surface area (Å²) in [5.74, 6) is -1.97. The predicted molar refractivity (Wildman–Crippen MR) is 108 cm³/mol. The van der Waals surface area contributed by atoms with Crippen molar-refractivity contribution in [2.24, 2.45) is 11.8 Å². The van der Waals surface area contributed by atoms with Crippen molar-refractivity contribution in [3.63, 3.8) is 0 Å². The summed E-state index contributed by atoms with van der Waals surface area (Å²) in [6, 6.07) is 17.2. The first-order valence-electron chi connectivity index (χ1n) is 10.2. The lowest BCUT2D eigenvalue weighted by molar-refractivity contribution is -0.733. The molecule has 2 aromatic carbocycles. The summed E-state index contributed by atoms with van der Waals surface area (Å²) in [6.45, 7) is 0.484. The summed E-state index contributed by atoms with van der Waals surface area (Å²) in [5.41, 5.74) is 1.47. The van der Waals surface area contributed by atoms with Crippen molar-refractivity contribution in [2.75, 3.05) is 25.6 Å². The van der Waals surface area contributed by atoms with Gasteiger partial charge in [0.15, 0.2) is 0 Å². The van der Waals surface area contributed by atoms with Crippen molar-refractivity contribution >= 4 is 23.4 Å². The van der Waals surface area contributed by atoms with E-state index >= 15 is 0 Å². The van der Waals surface area contributed by atoms with Gasteiger partial charge in [0, 0.05) is 19.1 Å². The largest absolute Gasteiger partial charge is 0.383 e. The number of rotatable bonds is 5. The van der Waals surface area contributed by atoms with E-state index in [0.717, 1.165) is 11.1 Å². The monoisotopic (exact) mass is 406 g/mol. The average Bonchev–Trinajstić information content (AvgIpc) is 3.33. The topological polar surface area (TPSA) is 92.3 Å². The van der Waals surface area contributed by atoms with Crippen LogP contribution in [0.4, 0.5) is 5.69 Å². The van der Waals surface area contributed by atoms with Crippen molar-refractivity contribution < 1.29 is 24.4 Å². The minimum absolute atomic E-state index is 0.201. The van der Waals surface area contributed by atoms with Gasteiger partial charge < -0.3 is 15.4 Å². The molecule has 3 aliphatic rings. The zero-order valence-corrected chi connectivity index (χ0v) is 16.7. The Morgan fingerprint density at radius 3 is 2.53 bits per heavy atom. The number of hydrogen-bond donors (Lipinski definition) is 2. The summed E-state index contributed by atoms with van der Waals surface area (Å²) in [7, 11) is 1.54. The van der Waals surface area contributed by atoms with Gasteiger partial charge in [-0.1, -0.05) is 48.5 Å². The molecule has 3 aliphatic heterocycles. The number of hydrogen-bond acceptors (Lipinski definition) is 4. The highest BCUT2D eigenvalue weighted by atomic mass is 16.5. The molecular weight excluding hydrogens is 382 g/mol. The maximum atomic E-state index is 13.5. The molecule has 0 saturated carbocycles. The lowest BCUT2D eigenvalue weighted by Crippen LogP contribution is -2.99. The normalized spacial score (nSPS) is 29.4. The molecule has 3 N–H and O–H groups in total. The first-order chi connectivity index (χ1) is 14.6. The molecule has 0 unspecified atom stereocenters. The van der Waals surface area contributed by atoms with E-state index in [1.54, 1.807) is 7.11 Å². The fourth-order valence-electron chi connectivity index (χ4n) is 5.46. The molecule has 0 radical (unpaired) electrons. The number of amides is 3. The smallest absolute Gasteiger partial charge is 0.291 e. The number of methoxy groups -OCH3 is 1. The third-order valence-corrected chi connectivity index (χ3v) is 6.70. The fraction of sp³-hybridized carbons (Fsp3) is 0.348. The Morgan fingerprint density at radius 2 is 1.77 bits per heavy atom. The van der Waals surface area contributed by atoms with Crippen LogP contribution in [0.3, 0.4) is 0 Å². The molecule has 0 bridgehead atoms. The van der Waals surface area contributed by atoms with E-state index in [1.807, 2.05) is 59.9 Å². The van der Waals surface area contributed by atoms with Crippen LogP contribution in [0.25, 0.3) is 0 Å². The molecule has 4 atom stereocenters. The van der Waals surface area contributed by atoms with Crippen LogP contribution < -0.4 is 10.6 Å². The number of anilines is 1. The van der Waals surface area contributed by atoms with E-state index < -0.39 is 17.4 Å². The zero-order valence-electron chi connectivity index (χ0n) is 16.7. The first-order valence-corrected chi connectivity index (χ1v) is 10.2. The quantitative estimate of drug-likeness (QED) is 0.698. The molecule has 30 heavy (non-hydrogen) atoms. The van der Waals surface area contributed by atoms with Crippen LogP contribution in [0.1, 0.15) is 11.1 Å². The standard InChI is InChI=1S/C23H23N3O4/c1-30-12-11-26-20(27)18-17(13-14-7-3-2-4-8-14)25-23(19(18)21(26)28)15-9-5-6-10-16(15)24-22(23)29/h2-10,17-19,25H,11-13H2,1H3,(H,24,29)/p+1/t17-,18-,19+,23-/m1/s1. The Morgan fingerprint density at radius 1 is 1.03 bits per heavy atom. The summed E-state index contributed by atoms with van der Waals surface area (Å²) in [5, 5.41) is 4.92. The molecule has 3 heterocycles. The van der Waals surface area contributed by atoms with Gasteiger partial charge in [-0.05, 0) is 11.6 Å². The highest BCUT2D eigenvalue weighted by Gasteiger charge is 2.73. The van der Waals surface area contributed by atoms with Crippen LogP contribution in [-0.4, -0.2) is 48.9 Å². The van der Waals surface area contributed by atoms with Crippen molar-refractivity contribution in [2.45, 2.75) is 18.0 Å². The minimum atomic E-state index is -1.12. The molecule has 1 spiro atoms. The first kappa shape index (κ1) is 19.0. The highest BCUT2D eigenvalue weighted by Crippen LogP contribution is 2.49. The molecular formula is C23H24N3O4+. The predicted octanol–water partition coefficient (Wildman–Crippen LogP) is 0.270. The van der Waals surface area contributed by atoms with E-state index in [2.05, 4.69) is 5.32 Å². The average molecular weight is 406 g/mol. The minimum Gasteiger partial charge on any atom is -0.383 e. The summed E-state index contributed by atoms with van der Waals surface area (Å²) >= 11 is 0. The number of nitrogens with one attached hydrogen (secondary N) is 1. The van der Waals surface area contributed by atoms with Gasteiger partial charge in [-0.15, -0.1) is 0 Å². The molecule has 154 valence electrons. The number of quaternary nitrogens is 1. The Hall–Kier alpha value is -3.03. The molecule has 3 amide bonds. The summed E-state index contributed by atoms with van der Waals surface area (Å²) in [6.07, 6.45) is 0.607. The lowest BCUT2D eigenvalue weighted by atomic mass is 9.76. The van der Waals surface area contributed by atoms with Crippen molar-refractivity contribution in [3.8, 4) is 0 Å². The number of carbonyl (C=O) groups excluding carboxylic acids is 3. The van der Waals surface area contributed by atoms with Gasteiger partial charge in [0.2, 0.25) is 17.4 Å². The van der Waals surface area contributed by atoms with Crippen molar-refractivity contribution in [3.05, 3.63) is 65.7 Å². The van der Waals surface area contributed by atoms with Crippen LogP contribution in [0.5, 0.6) is 0 Å². The Bertz CT molecular complexity index is 1020. The van der Waals surface area contributed by atoms with Gasteiger partial charge in [-0.2, -0.15) is 0 Å². The maximum absolute atomic E-state index is 13.5. The van der Waals surface area contributed by atoms with E-state index in [9.17, 15) is 14.4 Å². The number of likely N-dealkylation sites (tertiary alicyclic amines) is 1. The third kappa shape index (κ3) is 2.55. The SMILES string of the molecule is COCCN1C(=O)[C@H]2[C@@H](C1=O)[C@@]1([NH2+][C@@H]2Cc2ccccc2)C(=O)Nc2ccccc21. The van der Waals surface area contributed by atoms with Crippen LogP contribution in [0.2, 0.25) is 0 Å². The Labute approximate surface area is 174 Å². The number of para-hydroxylation sites is 1. The van der Waals surface area contributed by atoms with Gasteiger partial charge in [-0.3, -0.25) is 19.3 Å². The Kier molecular flexibility index (Phi) is 4.45. The number of ether oxygens (including phenoxy) is 1. The van der Waals surface area contributed by atoms with Crippen LogP contribution >= 0.6 is 0 Å². The third-order valence-electron chi connectivity index (χ3n) is 6.70. The molecule has 5 rings (SSSR count). The number of benzene rings is 2. The molecule has 0 aliphatic carbocycles. The van der Waals surface area contributed by atoms with Crippen molar-refractivity contribution in [1.29, 1.82) is 0 Å². The van der Waals surface area contributed by atoms with E-state index in [-0.39, 0.29) is 36.9 Å². The van der Waals surface area contributed by atoms with Crippen LogP contribution in [0, 0.1) is 11.8 Å². The van der Waals surface area contributed by atoms with Gasteiger partial charge in [0.25, 0.3) is 5.91 Å². The van der Waals surface area contributed by atoms with Gasteiger partial charge >= 0.3 is 0 Å². The zero-order chi connectivity index (χ0) is 20.9. The number of carbonyl (C=O) groups is 3. The van der Waals surface area contributed by atoms with Crippen LogP contribution in [-0.2, 0) is 31.1 Å². The second kappa shape index (κ2) is 7.04. The summed E-state index contributed by atoms with van der Waals surface area (Å²) in [4.78, 5) is 41.4. The van der Waals surface area contributed by atoms with E-state index in [1.165, 1.54) is 4.90 Å². The molecule has 7 nitrogen and oxygen atoms in total. The molecule has 2 aromatic rings. The number of nitrogens with zero attached hydrogens (tertiary/aromatic N) is 1. The maximum Gasteiger partial charge on any atom is 0.291 e. The van der Waals surface area contributed by atoms with E-state index in [0.29, 0.717) is 12.1 Å². The fourth-order valence-corrected chi connectivity index (χ4v) is 5.46. The Balaban J connectivity index is 1.60. The molecule has 0 aromatic heterocycles. The number of fused-ring (bicyclic) bond motifs is 4. The van der Waals surface area contributed by atoms with Gasteiger partial charge in [0.1, 0.15) is 17.9 Å². The highest BCUT2D eigenvalue weighted by molar-refractivity contribution is 6.13. The number of nitrogens with two attached hydrogens (primary N) is 1. The van der Waals surface area contributed by atoms with E-state index in [4.69, 9.17) is 4.74 Å².